The van der Waals surface area contributed by atoms with Gasteiger partial charge in [0, 0.05) is 18.4 Å². The first kappa shape index (κ1) is 18.0. The Morgan fingerprint density at radius 1 is 1.26 bits per heavy atom. The van der Waals surface area contributed by atoms with Crippen LogP contribution in [0.1, 0.15) is 32.1 Å². The summed E-state index contributed by atoms with van der Waals surface area (Å²) in [5, 5.41) is 5.93. The maximum absolute atomic E-state index is 11.9. The van der Waals surface area contributed by atoms with E-state index in [1.807, 2.05) is 0 Å². The van der Waals surface area contributed by atoms with Crippen molar-refractivity contribution in [2.45, 2.75) is 38.1 Å². The SMILES string of the molecule is Cl.NC(=O)C1CC2(CCN1)CC2[C@H](C[C@H]1CCNC1=O)C(N)=O. The van der Waals surface area contributed by atoms with Gasteiger partial charge in [0.15, 0.2) is 0 Å². The lowest BCUT2D eigenvalue weighted by Crippen LogP contribution is -2.48. The van der Waals surface area contributed by atoms with Crippen molar-refractivity contribution in [1.29, 1.82) is 0 Å². The maximum atomic E-state index is 11.9. The second kappa shape index (κ2) is 6.65. The summed E-state index contributed by atoms with van der Waals surface area (Å²) in [5.41, 5.74) is 11.0. The molecule has 23 heavy (non-hydrogen) atoms. The average Bonchev–Trinajstić information content (AvgIpc) is 2.96. The zero-order valence-electron chi connectivity index (χ0n) is 13.0. The molecule has 0 radical (unpaired) electrons. The second-order valence-corrected chi connectivity index (χ2v) is 7.06. The van der Waals surface area contributed by atoms with Gasteiger partial charge in [0.1, 0.15) is 0 Å². The molecule has 130 valence electrons. The third-order valence-electron chi connectivity index (χ3n) is 5.77. The van der Waals surface area contributed by atoms with Crippen LogP contribution in [0, 0.1) is 23.2 Å². The van der Waals surface area contributed by atoms with E-state index in [1.165, 1.54) is 0 Å². The van der Waals surface area contributed by atoms with E-state index in [2.05, 4.69) is 10.6 Å². The molecule has 3 rings (SSSR count). The van der Waals surface area contributed by atoms with Crippen molar-refractivity contribution in [3.8, 4) is 0 Å². The van der Waals surface area contributed by atoms with E-state index in [1.54, 1.807) is 0 Å². The maximum Gasteiger partial charge on any atom is 0.234 e. The summed E-state index contributed by atoms with van der Waals surface area (Å²) < 4.78 is 0. The van der Waals surface area contributed by atoms with E-state index in [0.717, 1.165) is 25.8 Å². The van der Waals surface area contributed by atoms with Crippen LogP contribution in [0.25, 0.3) is 0 Å². The standard InChI is InChI=1S/C15H24N4O3.ClH/c16-12(20)9(5-8-1-3-19-14(8)22)10-6-15(10)2-4-18-11(7-15)13(17)21;/h8-11,18H,1-7H2,(H2,16,20)(H2,17,21)(H,19,22);1H/t8-,9+,10?,11?,15?;/m1./s1. The van der Waals surface area contributed by atoms with Crippen LogP contribution in [0.4, 0.5) is 0 Å². The van der Waals surface area contributed by atoms with Crippen molar-refractivity contribution < 1.29 is 14.4 Å². The topological polar surface area (TPSA) is 127 Å². The van der Waals surface area contributed by atoms with Crippen molar-refractivity contribution in [2.24, 2.45) is 34.6 Å². The van der Waals surface area contributed by atoms with Gasteiger partial charge in [-0.05, 0) is 50.0 Å². The van der Waals surface area contributed by atoms with Crippen LogP contribution in [-0.2, 0) is 14.4 Å². The number of amides is 3. The molecule has 6 N–H and O–H groups in total. The third kappa shape index (κ3) is 3.45. The molecule has 0 bridgehead atoms. The summed E-state index contributed by atoms with van der Waals surface area (Å²) in [4.78, 5) is 35.1. The van der Waals surface area contributed by atoms with Crippen molar-refractivity contribution in [1.82, 2.24) is 10.6 Å². The van der Waals surface area contributed by atoms with Crippen LogP contribution in [0.5, 0.6) is 0 Å². The highest BCUT2D eigenvalue weighted by Crippen LogP contribution is 2.63. The fourth-order valence-corrected chi connectivity index (χ4v) is 4.40. The fourth-order valence-electron chi connectivity index (χ4n) is 4.40. The number of rotatable bonds is 5. The van der Waals surface area contributed by atoms with Gasteiger partial charge in [-0.25, -0.2) is 0 Å². The molecule has 3 aliphatic rings. The van der Waals surface area contributed by atoms with Gasteiger partial charge in [-0.3, -0.25) is 14.4 Å². The molecule has 1 spiro atoms. The predicted octanol–water partition coefficient (Wildman–Crippen LogP) is -0.720. The van der Waals surface area contributed by atoms with Crippen LogP contribution in [0.2, 0.25) is 0 Å². The molecule has 3 amide bonds. The van der Waals surface area contributed by atoms with Crippen LogP contribution in [0.3, 0.4) is 0 Å². The largest absolute Gasteiger partial charge is 0.369 e. The monoisotopic (exact) mass is 344 g/mol. The molecule has 2 aliphatic heterocycles. The van der Waals surface area contributed by atoms with E-state index in [0.29, 0.717) is 19.4 Å². The number of carbonyl (C=O) groups excluding carboxylic acids is 3. The molecule has 0 aromatic rings. The minimum atomic E-state index is -0.337. The number of hydrogen-bond donors (Lipinski definition) is 4. The van der Waals surface area contributed by atoms with Crippen LogP contribution < -0.4 is 22.1 Å². The molecule has 1 aliphatic carbocycles. The zero-order chi connectivity index (χ0) is 15.9. The molecule has 2 heterocycles. The summed E-state index contributed by atoms with van der Waals surface area (Å²) in [5.74, 6) is -0.834. The molecule has 0 aromatic heterocycles. The van der Waals surface area contributed by atoms with Gasteiger partial charge < -0.3 is 22.1 Å². The Labute approximate surface area is 141 Å². The Morgan fingerprint density at radius 3 is 2.57 bits per heavy atom. The number of hydrogen-bond acceptors (Lipinski definition) is 4. The second-order valence-electron chi connectivity index (χ2n) is 7.06. The molecule has 3 fully saturated rings. The van der Waals surface area contributed by atoms with Gasteiger partial charge in [-0.1, -0.05) is 0 Å². The Balaban J connectivity index is 0.00000192. The average molecular weight is 345 g/mol. The smallest absolute Gasteiger partial charge is 0.234 e. The van der Waals surface area contributed by atoms with E-state index in [-0.39, 0.29) is 59.3 Å². The Kier molecular flexibility index (Phi) is 5.20. The van der Waals surface area contributed by atoms with Gasteiger partial charge in [-0.2, -0.15) is 0 Å². The summed E-state index contributed by atoms with van der Waals surface area (Å²) in [6, 6.07) is -0.318. The Morgan fingerprint density at radius 2 is 2.00 bits per heavy atom. The highest BCUT2D eigenvalue weighted by atomic mass is 35.5. The molecule has 3 unspecified atom stereocenters. The summed E-state index contributed by atoms with van der Waals surface area (Å²) in [6.45, 7) is 1.41. The molecule has 0 aromatic carbocycles. The molecule has 7 nitrogen and oxygen atoms in total. The molecule has 8 heteroatoms. The van der Waals surface area contributed by atoms with E-state index in [9.17, 15) is 14.4 Å². The lowest BCUT2D eigenvalue weighted by Gasteiger charge is -2.31. The highest BCUT2D eigenvalue weighted by molar-refractivity contribution is 5.85. The summed E-state index contributed by atoms with van der Waals surface area (Å²) >= 11 is 0. The Bertz CT molecular complexity index is 515. The van der Waals surface area contributed by atoms with Gasteiger partial charge in [0.2, 0.25) is 17.7 Å². The summed E-state index contributed by atoms with van der Waals surface area (Å²) in [7, 11) is 0. The van der Waals surface area contributed by atoms with Gasteiger partial charge in [0.05, 0.1) is 6.04 Å². The Hall–Kier alpha value is -1.34. The van der Waals surface area contributed by atoms with Gasteiger partial charge in [0.25, 0.3) is 0 Å². The first-order chi connectivity index (χ1) is 10.4. The normalized spacial score (nSPS) is 36.9. The number of carbonyl (C=O) groups is 3. The minimum Gasteiger partial charge on any atom is -0.369 e. The zero-order valence-corrected chi connectivity index (χ0v) is 13.9. The van der Waals surface area contributed by atoms with Crippen molar-refractivity contribution in [3.63, 3.8) is 0 Å². The van der Waals surface area contributed by atoms with Gasteiger partial charge >= 0.3 is 0 Å². The van der Waals surface area contributed by atoms with E-state index < -0.39 is 0 Å². The molecule has 2 saturated heterocycles. The summed E-state index contributed by atoms with van der Waals surface area (Å²) in [6.07, 6.45) is 3.81. The van der Waals surface area contributed by atoms with E-state index >= 15 is 0 Å². The first-order valence-corrected chi connectivity index (χ1v) is 8.03. The molecule has 5 atom stereocenters. The predicted molar refractivity (Wildman–Crippen MR) is 86.4 cm³/mol. The number of primary amides is 2. The quantitative estimate of drug-likeness (QED) is 0.524. The molecular formula is C15H25ClN4O3. The highest BCUT2D eigenvalue weighted by Gasteiger charge is 2.60. The lowest BCUT2D eigenvalue weighted by atomic mass is 9.80. The number of nitrogens with one attached hydrogen (secondary N) is 2. The van der Waals surface area contributed by atoms with Crippen LogP contribution in [-0.4, -0.2) is 36.9 Å². The van der Waals surface area contributed by atoms with Crippen molar-refractivity contribution in [3.05, 3.63) is 0 Å². The molecular weight excluding hydrogens is 320 g/mol. The number of nitrogens with two attached hydrogens (primary N) is 2. The first-order valence-electron chi connectivity index (χ1n) is 8.03. The fraction of sp³-hybridized carbons (Fsp3) is 0.800. The number of halogens is 1. The van der Waals surface area contributed by atoms with E-state index in [4.69, 9.17) is 11.5 Å². The lowest BCUT2D eigenvalue weighted by molar-refractivity contribution is -0.125. The van der Waals surface area contributed by atoms with Gasteiger partial charge in [-0.15, -0.1) is 12.4 Å². The van der Waals surface area contributed by atoms with Crippen LogP contribution in [0.15, 0.2) is 0 Å². The van der Waals surface area contributed by atoms with Crippen molar-refractivity contribution in [2.75, 3.05) is 13.1 Å². The molecule has 1 saturated carbocycles. The van der Waals surface area contributed by atoms with Crippen LogP contribution >= 0.6 is 12.4 Å². The third-order valence-corrected chi connectivity index (χ3v) is 5.77. The number of piperidine rings is 1. The minimum absolute atomic E-state index is 0. The van der Waals surface area contributed by atoms with Crippen molar-refractivity contribution >= 4 is 30.1 Å².